The Morgan fingerprint density at radius 3 is 2.47 bits per heavy atom. The fraction of sp³-hybridized carbons (Fsp3) is 0.478. The summed E-state index contributed by atoms with van der Waals surface area (Å²) >= 11 is 12.4. The number of carbonyl (C=O) groups excluding carboxylic acids is 1. The third-order valence-corrected chi connectivity index (χ3v) is 9.40. The predicted octanol–water partition coefficient (Wildman–Crippen LogP) is 3.35. The number of pyridine rings is 1. The lowest BCUT2D eigenvalue weighted by Crippen LogP contribution is -2.50. The van der Waals surface area contributed by atoms with Gasteiger partial charge in [-0.3, -0.25) is 4.79 Å². The monoisotopic (exact) mass is 525 g/mol. The molecule has 182 valence electrons. The van der Waals surface area contributed by atoms with Crippen LogP contribution < -0.4 is 9.04 Å². The van der Waals surface area contributed by atoms with Crippen molar-refractivity contribution in [3.05, 3.63) is 51.6 Å². The molecule has 1 saturated carbocycles. The summed E-state index contributed by atoms with van der Waals surface area (Å²) in [6, 6.07) is 6.45. The van der Waals surface area contributed by atoms with Crippen LogP contribution in [0, 0.1) is 11.8 Å². The first-order valence-corrected chi connectivity index (χ1v) is 13.4. The lowest BCUT2D eigenvalue weighted by atomic mass is 10.0. The van der Waals surface area contributed by atoms with Crippen LogP contribution in [0.3, 0.4) is 0 Å². The fourth-order valence-corrected chi connectivity index (χ4v) is 7.58. The molecule has 0 amide bonds. The maximum absolute atomic E-state index is 13.7. The van der Waals surface area contributed by atoms with Gasteiger partial charge in [0.2, 0.25) is 5.88 Å². The number of fused-ring (bicyclic) bond motifs is 2. The van der Waals surface area contributed by atoms with E-state index in [-0.39, 0.29) is 52.5 Å². The number of ether oxygens (including phenoxy) is 1. The average Bonchev–Trinajstić information content (AvgIpc) is 3.41. The van der Waals surface area contributed by atoms with E-state index in [2.05, 4.69) is 4.98 Å². The molecule has 2 fully saturated rings. The Labute approximate surface area is 208 Å². The van der Waals surface area contributed by atoms with Crippen LogP contribution in [-0.4, -0.2) is 60.9 Å². The summed E-state index contributed by atoms with van der Waals surface area (Å²) in [6.07, 6.45) is 3.92. The summed E-state index contributed by atoms with van der Waals surface area (Å²) in [4.78, 5) is 17.2. The van der Waals surface area contributed by atoms with Gasteiger partial charge in [0.25, 0.3) is 0 Å². The molecule has 11 heteroatoms. The van der Waals surface area contributed by atoms with Crippen LogP contribution in [0.1, 0.15) is 35.2 Å². The van der Waals surface area contributed by atoms with E-state index in [0.717, 1.165) is 19.3 Å². The number of aromatic nitrogens is 1. The average molecular weight is 526 g/mol. The standard InChI is InChI=1S/C23H25Cl2N3O5S/c24-18-5-2-6-19(25)22(18)21(30)8-14-7-20-23(26-9-14)33-17(13-29)12-28(20)34(31,32)27-10-15-3-1-4-16(15)11-27/h2,5-7,9,15-17,29H,1,3-4,8,10-13H2/t15-,16+,17-/m1/s1. The molecular weight excluding hydrogens is 501 g/mol. The quantitative estimate of drug-likeness (QED) is 0.580. The number of nitrogens with zero attached hydrogens (tertiary/aromatic N) is 3. The van der Waals surface area contributed by atoms with E-state index >= 15 is 0 Å². The van der Waals surface area contributed by atoms with Crippen LogP contribution in [0.2, 0.25) is 10.0 Å². The minimum Gasteiger partial charge on any atom is -0.468 e. The van der Waals surface area contributed by atoms with Crippen molar-refractivity contribution in [2.45, 2.75) is 31.8 Å². The molecule has 0 unspecified atom stereocenters. The smallest absolute Gasteiger partial charge is 0.304 e. The van der Waals surface area contributed by atoms with Crippen molar-refractivity contribution in [3.8, 4) is 5.88 Å². The molecule has 2 aliphatic heterocycles. The zero-order valence-electron chi connectivity index (χ0n) is 18.4. The van der Waals surface area contributed by atoms with Crippen molar-refractivity contribution in [2.75, 3.05) is 30.5 Å². The van der Waals surface area contributed by atoms with E-state index in [1.807, 2.05) is 0 Å². The number of aliphatic hydroxyl groups excluding tert-OH is 1. The summed E-state index contributed by atoms with van der Waals surface area (Å²) in [6.45, 7) is 0.622. The molecule has 8 nitrogen and oxygen atoms in total. The van der Waals surface area contributed by atoms with E-state index in [1.165, 1.54) is 14.8 Å². The third kappa shape index (κ3) is 4.28. The van der Waals surface area contributed by atoms with Crippen molar-refractivity contribution >= 4 is 44.9 Å². The lowest BCUT2D eigenvalue weighted by molar-refractivity contribution is 0.0992. The number of hydrogen-bond donors (Lipinski definition) is 1. The molecule has 0 spiro atoms. The number of aliphatic hydroxyl groups is 1. The minimum absolute atomic E-state index is 0.0346. The molecule has 3 aliphatic rings. The Morgan fingerprint density at radius 2 is 1.82 bits per heavy atom. The Bertz CT molecular complexity index is 1190. The molecule has 0 radical (unpaired) electrons. The van der Waals surface area contributed by atoms with Gasteiger partial charge in [0.1, 0.15) is 11.8 Å². The third-order valence-electron chi connectivity index (χ3n) is 6.91. The van der Waals surface area contributed by atoms with Gasteiger partial charge in [0.15, 0.2) is 5.78 Å². The molecule has 2 aromatic rings. The second-order valence-corrected chi connectivity index (χ2v) is 11.8. The first kappa shape index (κ1) is 23.8. The van der Waals surface area contributed by atoms with Gasteiger partial charge in [-0.25, -0.2) is 9.29 Å². The van der Waals surface area contributed by atoms with Gasteiger partial charge >= 0.3 is 10.2 Å². The van der Waals surface area contributed by atoms with Gasteiger partial charge in [-0.05, 0) is 48.4 Å². The van der Waals surface area contributed by atoms with Crippen molar-refractivity contribution in [1.29, 1.82) is 0 Å². The van der Waals surface area contributed by atoms with Crippen LogP contribution in [-0.2, 0) is 16.6 Å². The molecule has 34 heavy (non-hydrogen) atoms. The van der Waals surface area contributed by atoms with Crippen molar-refractivity contribution < 1.29 is 23.1 Å². The summed E-state index contributed by atoms with van der Waals surface area (Å²) in [5.41, 5.74) is 0.981. The van der Waals surface area contributed by atoms with E-state index in [1.54, 1.807) is 24.3 Å². The van der Waals surface area contributed by atoms with Crippen molar-refractivity contribution in [2.24, 2.45) is 11.8 Å². The van der Waals surface area contributed by atoms with Crippen LogP contribution in [0.15, 0.2) is 30.5 Å². The summed E-state index contributed by atoms with van der Waals surface area (Å²) in [5.74, 6) is 0.599. The number of benzene rings is 1. The molecule has 1 aromatic carbocycles. The van der Waals surface area contributed by atoms with Crippen molar-refractivity contribution in [1.82, 2.24) is 9.29 Å². The number of ketones is 1. The maximum atomic E-state index is 13.7. The molecule has 1 N–H and O–H groups in total. The van der Waals surface area contributed by atoms with Gasteiger partial charge < -0.3 is 9.84 Å². The van der Waals surface area contributed by atoms with Gasteiger partial charge in [-0.15, -0.1) is 0 Å². The van der Waals surface area contributed by atoms with E-state index in [9.17, 15) is 18.3 Å². The van der Waals surface area contributed by atoms with Crippen LogP contribution in [0.25, 0.3) is 0 Å². The van der Waals surface area contributed by atoms with Crippen LogP contribution in [0.5, 0.6) is 5.88 Å². The first-order valence-electron chi connectivity index (χ1n) is 11.3. The Balaban J connectivity index is 1.45. The Kier molecular flexibility index (Phi) is 6.50. The van der Waals surface area contributed by atoms with E-state index < -0.39 is 16.3 Å². The Morgan fingerprint density at radius 1 is 1.15 bits per heavy atom. The first-order chi connectivity index (χ1) is 16.3. The zero-order chi connectivity index (χ0) is 24.0. The molecule has 3 heterocycles. The highest BCUT2D eigenvalue weighted by molar-refractivity contribution is 7.90. The van der Waals surface area contributed by atoms with Gasteiger partial charge in [-0.2, -0.15) is 12.7 Å². The fourth-order valence-electron chi connectivity index (χ4n) is 5.20. The molecule has 1 aromatic heterocycles. The topological polar surface area (TPSA) is 100 Å². The van der Waals surface area contributed by atoms with Gasteiger partial charge in [0.05, 0.1) is 28.8 Å². The second kappa shape index (κ2) is 9.28. The minimum atomic E-state index is -3.86. The zero-order valence-corrected chi connectivity index (χ0v) is 20.7. The van der Waals surface area contributed by atoms with Gasteiger partial charge in [0, 0.05) is 25.7 Å². The van der Waals surface area contributed by atoms with Crippen molar-refractivity contribution in [3.63, 3.8) is 0 Å². The molecule has 3 atom stereocenters. The highest BCUT2D eigenvalue weighted by Gasteiger charge is 2.45. The summed E-state index contributed by atoms with van der Waals surface area (Å²) < 4.78 is 35.9. The number of hydrogen-bond acceptors (Lipinski definition) is 6. The highest BCUT2D eigenvalue weighted by atomic mass is 35.5. The van der Waals surface area contributed by atoms with Gasteiger partial charge in [-0.1, -0.05) is 35.7 Å². The molecule has 1 aliphatic carbocycles. The van der Waals surface area contributed by atoms with Crippen LogP contribution >= 0.6 is 23.2 Å². The maximum Gasteiger partial charge on any atom is 0.304 e. The molecule has 1 saturated heterocycles. The molecular formula is C23H25Cl2N3O5S. The van der Waals surface area contributed by atoms with E-state index in [4.69, 9.17) is 27.9 Å². The number of anilines is 1. The number of rotatable bonds is 6. The molecule has 5 rings (SSSR count). The normalized spacial score (nSPS) is 24.6. The summed E-state index contributed by atoms with van der Waals surface area (Å²) in [5, 5.41) is 10.2. The predicted molar refractivity (Wildman–Crippen MR) is 129 cm³/mol. The Hall–Kier alpha value is -1.91. The number of halogens is 2. The second-order valence-electron chi connectivity index (χ2n) is 9.09. The lowest BCUT2D eigenvalue weighted by Gasteiger charge is -2.36. The number of Topliss-reactive ketones (excluding diaryl/α,β-unsaturated/α-hetero) is 1. The SMILES string of the molecule is O=C(Cc1cnc2c(c1)N(S(=O)(=O)N1C[C@H]3CCC[C@H]3C1)C[C@H](CO)O2)c1c(Cl)cccc1Cl. The number of carbonyl (C=O) groups is 1. The molecule has 0 bridgehead atoms. The van der Waals surface area contributed by atoms with Crippen LogP contribution in [0.4, 0.5) is 5.69 Å². The van der Waals surface area contributed by atoms with E-state index in [0.29, 0.717) is 30.5 Å². The largest absolute Gasteiger partial charge is 0.468 e. The highest BCUT2D eigenvalue weighted by Crippen LogP contribution is 2.41. The summed E-state index contributed by atoms with van der Waals surface area (Å²) in [7, 11) is -3.86.